The lowest BCUT2D eigenvalue weighted by Crippen LogP contribution is -2.43. The SMILES string of the molecule is CC(C)c1cc(-c2cccc(N3CCNCC3)n2)ccc1OCC(F)(F)F. The first-order chi connectivity index (χ1) is 12.8. The molecule has 0 spiro atoms. The smallest absolute Gasteiger partial charge is 0.422 e. The van der Waals surface area contributed by atoms with Crippen molar-refractivity contribution < 1.29 is 17.9 Å². The molecule has 2 heterocycles. The van der Waals surface area contributed by atoms with Crippen LogP contribution in [0.1, 0.15) is 25.3 Å². The molecule has 0 bridgehead atoms. The van der Waals surface area contributed by atoms with E-state index in [1.54, 1.807) is 12.1 Å². The Hall–Kier alpha value is -2.28. The average Bonchev–Trinajstić information content (AvgIpc) is 2.66. The summed E-state index contributed by atoms with van der Waals surface area (Å²) in [6, 6.07) is 11.1. The number of aromatic nitrogens is 1. The molecule has 0 aliphatic carbocycles. The number of ether oxygens (including phenoxy) is 1. The van der Waals surface area contributed by atoms with Gasteiger partial charge in [-0.3, -0.25) is 0 Å². The molecular formula is C20H24F3N3O. The molecule has 146 valence electrons. The summed E-state index contributed by atoms with van der Waals surface area (Å²) in [5.74, 6) is 1.21. The van der Waals surface area contributed by atoms with Crippen LogP contribution in [0.25, 0.3) is 11.3 Å². The highest BCUT2D eigenvalue weighted by Crippen LogP contribution is 2.32. The van der Waals surface area contributed by atoms with E-state index >= 15 is 0 Å². The third-order valence-electron chi connectivity index (χ3n) is 4.49. The average molecular weight is 379 g/mol. The van der Waals surface area contributed by atoms with Crippen molar-refractivity contribution in [1.29, 1.82) is 0 Å². The monoisotopic (exact) mass is 379 g/mol. The van der Waals surface area contributed by atoms with Gasteiger partial charge in [-0.05, 0) is 41.8 Å². The molecule has 2 aromatic rings. The van der Waals surface area contributed by atoms with Crippen LogP contribution < -0.4 is 15.0 Å². The van der Waals surface area contributed by atoms with Crippen molar-refractivity contribution in [1.82, 2.24) is 10.3 Å². The van der Waals surface area contributed by atoms with E-state index in [9.17, 15) is 13.2 Å². The number of benzene rings is 1. The fraction of sp³-hybridized carbons (Fsp3) is 0.450. The van der Waals surface area contributed by atoms with Gasteiger partial charge in [-0.2, -0.15) is 13.2 Å². The molecule has 0 saturated carbocycles. The number of hydrogen-bond acceptors (Lipinski definition) is 4. The van der Waals surface area contributed by atoms with Crippen LogP contribution in [0.3, 0.4) is 0 Å². The number of anilines is 1. The Morgan fingerprint density at radius 3 is 2.56 bits per heavy atom. The van der Waals surface area contributed by atoms with E-state index in [1.807, 2.05) is 38.1 Å². The molecule has 3 rings (SSSR count). The molecule has 1 N–H and O–H groups in total. The minimum absolute atomic E-state index is 0.0320. The standard InChI is InChI=1S/C20H24F3N3O/c1-14(2)16-12-15(6-7-18(16)27-13-20(21,22)23)17-4-3-5-19(25-17)26-10-8-24-9-11-26/h3-7,12,14,24H,8-11,13H2,1-2H3. The maximum atomic E-state index is 12.5. The zero-order valence-corrected chi connectivity index (χ0v) is 15.5. The largest absolute Gasteiger partial charge is 0.484 e. The number of halogens is 3. The van der Waals surface area contributed by atoms with Crippen LogP contribution in [0.15, 0.2) is 36.4 Å². The number of alkyl halides is 3. The third-order valence-corrected chi connectivity index (χ3v) is 4.49. The zero-order valence-electron chi connectivity index (χ0n) is 15.5. The number of nitrogens with one attached hydrogen (secondary N) is 1. The van der Waals surface area contributed by atoms with E-state index in [4.69, 9.17) is 9.72 Å². The lowest BCUT2D eigenvalue weighted by Gasteiger charge is -2.28. The van der Waals surface area contributed by atoms with Crippen LogP contribution in [0.2, 0.25) is 0 Å². The minimum Gasteiger partial charge on any atom is -0.484 e. The predicted molar refractivity (Wildman–Crippen MR) is 100 cm³/mol. The van der Waals surface area contributed by atoms with Crippen molar-refractivity contribution in [3.05, 3.63) is 42.0 Å². The second kappa shape index (κ2) is 8.17. The first kappa shape index (κ1) is 19.5. The number of piperazine rings is 1. The molecule has 0 amide bonds. The van der Waals surface area contributed by atoms with Crippen LogP contribution in [-0.2, 0) is 0 Å². The van der Waals surface area contributed by atoms with Gasteiger partial charge >= 0.3 is 6.18 Å². The van der Waals surface area contributed by atoms with Crippen LogP contribution in [-0.4, -0.2) is 43.9 Å². The van der Waals surface area contributed by atoms with Gasteiger partial charge in [-0.25, -0.2) is 4.98 Å². The summed E-state index contributed by atoms with van der Waals surface area (Å²) in [7, 11) is 0. The molecule has 0 radical (unpaired) electrons. The Morgan fingerprint density at radius 1 is 1.15 bits per heavy atom. The Labute approximate surface area is 157 Å². The van der Waals surface area contributed by atoms with Gasteiger partial charge in [0.2, 0.25) is 0 Å². The number of hydrogen-bond donors (Lipinski definition) is 1. The third kappa shape index (κ3) is 5.13. The second-order valence-electron chi connectivity index (χ2n) is 6.93. The maximum absolute atomic E-state index is 12.5. The van der Waals surface area contributed by atoms with Crippen molar-refractivity contribution in [2.45, 2.75) is 25.9 Å². The van der Waals surface area contributed by atoms with Crippen molar-refractivity contribution in [3.63, 3.8) is 0 Å². The van der Waals surface area contributed by atoms with Gasteiger partial charge in [0.05, 0.1) is 5.69 Å². The quantitative estimate of drug-likeness (QED) is 0.844. The topological polar surface area (TPSA) is 37.4 Å². The molecule has 0 atom stereocenters. The molecular weight excluding hydrogens is 355 g/mol. The van der Waals surface area contributed by atoms with Crippen molar-refractivity contribution in [2.75, 3.05) is 37.7 Å². The first-order valence-electron chi connectivity index (χ1n) is 9.10. The van der Waals surface area contributed by atoms with E-state index in [2.05, 4.69) is 10.2 Å². The summed E-state index contributed by atoms with van der Waals surface area (Å²) in [4.78, 5) is 6.99. The van der Waals surface area contributed by atoms with Gasteiger partial charge in [-0.15, -0.1) is 0 Å². The number of pyridine rings is 1. The van der Waals surface area contributed by atoms with Crippen LogP contribution in [0, 0.1) is 0 Å². The zero-order chi connectivity index (χ0) is 19.4. The Bertz CT molecular complexity index is 771. The summed E-state index contributed by atoms with van der Waals surface area (Å²) < 4.78 is 42.5. The van der Waals surface area contributed by atoms with Crippen molar-refractivity contribution >= 4 is 5.82 Å². The fourth-order valence-corrected chi connectivity index (χ4v) is 3.10. The molecule has 4 nitrogen and oxygen atoms in total. The molecule has 7 heteroatoms. The Kier molecular flexibility index (Phi) is 5.89. The van der Waals surface area contributed by atoms with E-state index in [0.717, 1.165) is 48.8 Å². The summed E-state index contributed by atoms with van der Waals surface area (Å²) in [5, 5.41) is 3.32. The molecule has 1 aliphatic heterocycles. The summed E-state index contributed by atoms with van der Waals surface area (Å²) in [6.07, 6.45) is -4.36. The molecule has 1 aliphatic rings. The molecule has 1 aromatic heterocycles. The van der Waals surface area contributed by atoms with Crippen molar-refractivity contribution in [3.8, 4) is 17.0 Å². The molecule has 0 unspecified atom stereocenters. The molecule has 1 saturated heterocycles. The van der Waals surface area contributed by atoms with Gasteiger partial charge < -0.3 is 15.0 Å². The Morgan fingerprint density at radius 2 is 1.89 bits per heavy atom. The van der Waals surface area contributed by atoms with Gasteiger partial charge in [0.1, 0.15) is 11.6 Å². The van der Waals surface area contributed by atoms with E-state index in [1.165, 1.54) is 0 Å². The van der Waals surface area contributed by atoms with E-state index in [0.29, 0.717) is 0 Å². The second-order valence-corrected chi connectivity index (χ2v) is 6.93. The molecule has 27 heavy (non-hydrogen) atoms. The van der Waals surface area contributed by atoms with Gasteiger partial charge in [0.25, 0.3) is 0 Å². The Balaban J connectivity index is 1.87. The lowest BCUT2D eigenvalue weighted by atomic mass is 9.98. The van der Waals surface area contributed by atoms with Crippen LogP contribution in [0.5, 0.6) is 5.75 Å². The van der Waals surface area contributed by atoms with Crippen LogP contribution >= 0.6 is 0 Å². The number of rotatable bonds is 5. The fourth-order valence-electron chi connectivity index (χ4n) is 3.10. The summed E-state index contributed by atoms with van der Waals surface area (Å²) in [6.45, 7) is 6.23. The predicted octanol–water partition coefficient (Wildman–Crippen LogP) is 4.22. The minimum atomic E-state index is -4.36. The summed E-state index contributed by atoms with van der Waals surface area (Å²) in [5.41, 5.74) is 2.41. The highest BCUT2D eigenvalue weighted by Gasteiger charge is 2.29. The number of nitrogens with zero attached hydrogens (tertiary/aromatic N) is 2. The maximum Gasteiger partial charge on any atom is 0.422 e. The highest BCUT2D eigenvalue weighted by molar-refractivity contribution is 5.64. The van der Waals surface area contributed by atoms with Gasteiger partial charge in [-0.1, -0.05) is 19.9 Å². The van der Waals surface area contributed by atoms with Gasteiger partial charge in [0, 0.05) is 31.7 Å². The van der Waals surface area contributed by atoms with E-state index < -0.39 is 12.8 Å². The lowest BCUT2D eigenvalue weighted by molar-refractivity contribution is -0.153. The first-order valence-corrected chi connectivity index (χ1v) is 9.10. The highest BCUT2D eigenvalue weighted by atomic mass is 19.4. The molecule has 1 fully saturated rings. The van der Waals surface area contributed by atoms with Gasteiger partial charge in [0.15, 0.2) is 6.61 Å². The van der Waals surface area contributed by atoms with Crippen molar-refractivity contribution in [2.24, 2.45) is 0 Å². The normalized spacial score (nSPS) is 15.3. The summed E-state index contributed by atoms with van der Waals surface area (Å²) >= 11 is 0. The van der Waals surface area contributed by atoms with E-state index in [-0.39, 0.29) is 11.7 Å². The van der Waals surface area contributed by atoms with Crippen LogP contribution in [0.4, 0.5) is 19.0 Å². The molecule has 1 aromatic carbocycles.